The third-order valence-corrected chi connectivity index (χ3v) is 3.00. The molecule has 1 unspecified atom stereocenters. The van der Waals surface area contributed by atoms with Crippen molar-refractivity contribution in [3.63, 3.8) is 0 Å². The first-order valence-corrected chi connectivity index (χ1v) is 6.03. The van der Waals surface area contributed by atoms with E-state index < -0.39 is 0 Å². The lowest BCUT2D eigenvalue weighted by molar-refractivity contribution is 0.605. The number of nitrogens with one attached hydrogen (secondary N) is 1. The van der Waals surface area contributed by atoms with Gasteiger partial charge in [0, 0.05) is 10.0 Å². The lowest BCUT2D eigenvalue weighted by Gasteiger charge is -2.17. The third kappa shape index (κ3) is 3.00. The van der Waals surface area contributed by atoms with Gasteiger partial charge in [-0.1, -0.05) is 35.3 Å². The molecule has 2 nitrogen and oxygen atoms in total. The molecule has 0 aromatic heterocycles. The van der Waals surface area contributed by atoms with Crippen LogP contribution in [0.2, 0.25) is 10.0 Å². The number of hydrazine groups is 1. The Labute approximate surface area is 114 Å². The van der Waals surface area contributed by atoms with Crippen LogP contribution in [0.15, 0.2) is 42.5 Å². The van der Waals surface area contributed by atoms with Crippen molar-refractivity contribution in [1.82, 2.24) is 5.43 Å². The molecule has 1 atom stereocenters. The largest absolute Gasteiger partial charge is 0.271 e. The summed E-state index contributed by atoms with van der Waals surface area (Å²) in [5, 5.41) is 1.02. The molecule has 2 aromatic rings. The minimum absolute atomic E-state index is 0.319. The Kier molecular flexibility index (Phi) is 4.19. The van der Waals surface area contributed by atoms with Crippen LogP contribution in [0.4, 0.5) is 4.39 Å². The fourth-order valence-corrected chi connectivity index (χ4v) is 2.36. The topological polar surface area (TPSA) is 38.0 Å². The second-order valence-electron chi connectivity index (χ2n) is 3.86. The Hall–Kier alpha value is -1.13. The number of rotatable bonds is 3. The van der Waals surface area contributed by atoms with Gasteiger partial charge in [0.05, 0.1) is 6.04 Å². The Morgan fingerprint density at radius 2 is 1.67 bits per heavy atom. The first kappa shape index (κ1) is 13.3. The molecule has 0 heterocycles. The van der Waals surface area contributed by atoms with Gasteiger partial charge in [-0.3, -0.25) is 5.84 Å². The van der Waals surface area contributed by atoms with Crippen molar-refractivity contribution in [2.45, 2.75) is 6.04 Å². The minimum Gasteiger partial charge on any atom is -0.271 e. The Morgan fingerprint density at radius 3 is 2.22 bits per heavy atom. The molecule has 5 heteroatoms. The molecular weight excluding hydrogens is 274 g/mol. The van der Waals surface area contributed by atoms with Crippen molar-refractivity contribution >= 4 is 23.2 Å². The maximum absolute atomic E-state index is 13.2. The number of halogens is 3. The van der Waals surface area contributed by atoms with Gasteiger partial charge >= 0.3 is 0 Å². The first-order valence-electron chi connectivity index (χ1n) is 5.28. The van der Waals surface area contributed by atoms with E-state index in [0.29, 0.717) is 15.6 Å². The fourth-order valence-electron chi connectivity index (χ4n) is 1.81. The van der Waals surface area contributed by atoms with E-state index in [9.17, 15) is 4.39 Å². The van der Waals surface area contributed by atoms with Gasteiger partial charge in [-0.2, -0.15) is 0 Å². The summed E-state index contributed by atoms with van der Waals surface area (Å²) in [4.78, 5) is 0. The molecule has 0 bridgehead atoms. The minimum atomic E-state index is -0.364. The summed E-state index contributed by atoms with van der Waals surface area (Å²) >= 11 is 11.9. The number of nitrogens with two attached hydrogens (primary N) is 1. The molecule has 0 fully saturated rings. The summed E-state index contributed by atoms with van der Waals surface area (Å²) in [6.07, 6.45) is 0. The van der Waals surface area contributed by atoms with Gasteiger partial charge in [-0.05, 0) is 41.5 Å². The summed E-state index contributed by atoms with van der Waals surface area (Å²) in [6, 6.07) is 10.9. The molecule has 0 radical (unpaired) electrons. The van der Waals surface area contributed by atoms with E-state index >= 15 is 0 Å². The highest BCUT2D eigenvalue weighted by molar-refractivity contribution is 6.34. The second-order valence-corrected chi connectivity index (χ2v) is 4.73. The summed E-state index contributed by atoms with van der Waals surface area (Å²) in [6.45, 7) is 0. The first-order chi connectivity index (χ1) is 8.60. The van der Waals surface area contributed by atoms with Gasteiger partial charge < -0.3 is 0 Å². The highest BCUT2D eigenvalue weighted by atomic mass is 35.5. The van der Waals surface area contributed by atoms with E-state index in [-0.39, 0.29) is 11.9 Å². The smallest absolute Gasteiger partial charge is 0.123 e. The van der Waals surface area contributed by atoms with Crippen molar-refractivity contribution in [3.8, 4) is 0 Å². The number of hydrogen-bond acceptors (Lipinski definition) is 2. The molecule has 0 amide bonds. The highest BCUT2D eigenvalue weighted by Gasteiger charge is 2.14. The Bertz CT molecular complexity index is 540. The van der Waals surface area contributed by atoms with Crippen molar-refractivity contribution in [3.05, 3.63) is 69.5 Å². The van der Waals surface area contributed by atoms with E-state index in [4.69, 9.17) is 29.0 Å². The van der Waals surface area contributed by atoms with E-state index in [2.05, 4.69) is 5.43 Å². The average molecular weight is 285 g/mol. The van der Waals surface area contributed by atoms with Crippen LogP contribution in [0.3, 0.4) is 0 Å². The quantitative estimate of drug-likeness (QED) is 0.666. The molecule has 2 aromatic carbocycles. The van der Waals surface area contributed by atoms with Crippen molar-refractivity contribution in [1.29, 1.82) is 0 Å². The van der Waals surface area contributed by atoms with Crippen LogP contribution in [-0.4, -0.2) is 0 Å². The SMILES string of the molecule is NNC(c1cccc(F)c1)c1cc(Cl)cc(Cl)c1. The van der Waals surface area contributed by atoms with Crippen molar-refractivity contribution in [2.75, 3.05) is 0 Å². The number of hydrogen-bond donors (Lipinski definition) is 2. The molecule has 18 heavy (non-hydrogen) atoms. The van der Waals surface area contributed by atoms with E-state index in [1.165, 1.54) is 12.1 Å². The van der Waals surface area contributed by atoms with E-state index in [0.717, 1.165) is 5.56 Å². The monoisotopic (exact) mass is 284 g/mol. The van der Waals surface area contributed by atoms with Gasteiger partial charge in [0.1, 0.15) is 5.82 Å². The molecule has 2 rings (SSSR count). The van der Waals surface area contributed by atoms with Crippen molar-refractivity contribution in [2.24, 2.45) is 5.84 Å². The zero-order chi connectivity index (χ0) is 13.1. The summed E-state index contributed by atoms with van der Waals surface area (Å²) < 4.78 is 13.2. The number of benzene rings is 2. The maximum atomic E-state index is 13.2. The van der Waals surface area contributed by atoms with Gasteiger partial charge in [0.15, 0.2) is 0 Å². The Balaban J connectivity index is 2.45. The summed E-state index contributed by atoms with van der Waals surface area (Å²) in [5.41, 5.74) is 4.12. The van der Waals surface area contributed by atoms with Gasteiger partial charge in [-0.15, -0.1) is 0 Å². The molecule has 3 N–H and O–H groups in total. The predicted molar refractivity (Wildman–Crippen MR) is 72.0 cm³/mol. The maximum Gasteiger partial charge on any atom is 0.123 e. The lowest BCUT2D eigenvalue weighted by atomic mass is 9.99. The highest BCUT2D eigenvalue weighted by Crippen LogP contribution is 2.27. The Morgan fingerprint density at radius 1 is 1.00 bits per heavy atom. The second kappa shape index (κ2) is 5.67. The van der Waals surface area contributed by atoms with Crippen molar-refractivity contribution < 1.29 is 4.39 Å². The van der Waals surface area contributed by atoms with Crippen LogP contribution < -0.4 is 11.3 Å². The standard InChI is InChI=1S/C13H11Cl2FN2/c14-10-4-9(5-11(15)7-10)13(18-17)8-2-1-3-12(16)6-8/h1-7,13,18H,17H2. The van der Waals surface area contributed by atoms with E-state index in [1.54, 1.807) is 30.3 Å². The van der Waals surface area contributed by atoms with Crippen LogP contribution >= 0.6 is 23.2 Å². The third-order valence-electron chi connectivity index (χ3n) is 2.57. The van der Waals surface area contributed by atoms with Crippen LogP contribution in [0.5, 0.6) is 0 Å². The molecule has 0 saturated carbocycles. The summed E-state index contributed by atoms with van der Waals surface area (Å²) in [7, 11) is 0. The molecular formula is C13H11Cl2FN2. The molecule has 94 valence electrons. The summed E-state index contributed by atoms with van der Waals surface area (Å²) in [5.74, 6) is 5.21. The lowest BCUT2D eigenvalue weighted by Crippen LogP contribution is -2.28. The van der Waals surface area contributed by atoms with Gasteiger partial charge in [-0.25, -0.2) is 9.82 Å². The molecule has 0 aliphatic rings. The molecule has 0 aliphatic carbocycles. The van der Waals surface area contributed by atoms with Gasteiger partial charge in [0.25, 0.3) is 0 Å². The molecule has 0 spiro atoms. The zero-order valence-corrected chi connectivity index (χ0v) is 10.8. The van der Waals surface area contributed by atoms with Crippen LogP contribution in [0, 0.1) is 5.82 Å². The molecule has 0 saturated heterocycles. The predicted octanol–water partition coefficient (Wildman–Crippen LogP) is 3.69. The van der Waals surface area contributed by atoms with E-state index in [1.807, 2.05) is 0 Å². The normalized spacial score (nSPS) is 12.4. The zero-order valence-electron chi connectivity index (χ0n) is 9.33. The van der Waals surface area contributed by atoms with Crippen LogP contribution in [0.25, 0.3) is 0 Å². The average Bonchev–Trinajstić information content (AvgIpc) is 2.28. The fraction of sp³-hybridized carbons (Fsp3) is 0.0769. The van der Waals surface area contributed by atoms with Crippen LogP contribution in [0.1, 0.15) is 17.2 Å². The van der Waals surface area contributed by atoms with Crippen LogP contribution in [-0.2, 0) is 0 Å². The van der Waals surface area contributed by atoms with Gasteiger partial charge in [0.2, 0.25) is 0 Å². The molecule has 0 aliphatic heterocycles.